The van der Waals surface area contributed by atoms with Crippen molar-refractivity contribution >= 4 is 16.9 Å². The quantitative estimate of drug-likeness (QED) is 0.685. The molecule has 0 amide bonds. The number of nitriles is 1. The van der Waals surface area contributed by atoms with Crippen LogP contribution in [0.1, 0.15) is 12.0 Å². The van der Waals surface area contributed by atoms with Gasteiger partial charge in [0.15, 0.2) is 0 Å². The summed E-state index contributed by atoms with van der Waals surface area (Å²) in [6.07, 6.45) is -1.72. The molecule has 1 saturated heterocycles. The van der Waals surface area contributed by atoms with Gasteiger partial charge in [-0.2, -0.15) is 23.5 Å². The molecule has 4 rings (SSSR count). The molecule has 0 bridgehead atoms. The molecule has 0 saturated carbocycles. The van der Waals surface area contributed by atoms with Crippen molar-refractivity contribution in [3.8, 4) is 17.2 Å². The number of alkyl halides is 3. The van der Waals surface area contributed by atoms with Crippen molar-refractivity contribution in [2.24, 2.45) is 5.92 Å². The summed E-state index contributed by atoms with van der Waals surface area (Å²) in [5.74, 6) is 0.598. The number of aromatic nitrogens is 3. The third kappa shape index (κ3) is 4.32. The zero-order chi connectivity index (χ0) is 20.4. The van der Waals surface area contributed by atoms with E-state index in [9.17, 15) is 13.2 Å². The second kappa shape index (κ2) is 7.72. The van der Waals surface area contributed by atoms with Crippen molar-refractivity contribution in [3.05, 3.63) is 42.1 Å². The molecule has 2 N–H and O–H groups in total. The van der Waals surface area contributed by atoms with Gasteiger partial charge in [-0.05, 0) is 49.2 Å². The molecule has 2 aromatic heterocycles. The number of pyridine rings is 1. The summed E-state index contributed by atoms with van der Waals surface area (Å²) in [4.78, 5) is 4.42. The average Bonchev–Trinajstić information content (AvgIpc) is 3.35. The van der Waals surface area contributed by atoms with Crippen molar-refractivity contribution in [1.82, 2.24) is 20.1 Å². The van der Waals surface area contributed by atoms with Crippen LogP contribution in [0.5, 0.6) is 0 Å². The Hall–Kier alpha value is -3.12. The van der Waals surface area contributed by atoms with Gasteiger partial charge in [0, 0.05) is 12.1 Å². The van der Waals surface area contributed by atoms with Gasteiger partial charge in [0.05, 0.1) is 23.3 Å². The summed E-state index contributed by atoms with van der Waals surface area (Å²) in [6.45, 7) is 1.43. The van der Waals surface area contributed by atoms with Gasteiger partial charge in [-0.15, -0.1) is 0 Å². The predicted octanol–water partition coefficient (Wildman–Crippen LogP) is 3.55. The lowest BCUT2D eigenvalue weighted by atomic mass is 10.0. The van der Waals surface area contributed by atoms with Gasteiger partial charge in [0.1, 0.15) is 17.9 Å². The Kier molecular flexibility index (Phi) is 5.11. The zero-order valence-electron chi connectivity index (χ0n) is 15.5. The SMILES string of the molecule is N#Cc1ccc(-c2cc3c(cnn3C[C@H]3CCNC3)nc2NCC(F)(F)F)cc1. The van der Waals surface area contributed by atoms with E-state index in [4.69, 9.17) is 5.26 Å². The van der Waals surface area contributed by atoms with Gasteiger partial charge in [0.25, 0.3) is 0 Å². The number of nitrogens with one attached hydrogen (secondary N) is 2. The molecule has 29 heavy (non-hydrogen) atoms. The minimum absolute atomic E-state index is 0.140. The Morgan fingerprint density at radius 1 is 1.28 bits per heavy atom. The average molecular weight is 400 g/mol. The van der Waals surface area contributed by atoms with Gasteiger partial charge in [0.2, 0.25) is 0 Å². The van der Waals surface area contributed by atoms with Crippen LogP contribution in [0.25, 0.3) is 22.2 Å². The molecule has 0 aliphatic carbocycles. The molecule has 6 nitrogen and oxygen atoms in total. The van der Waals surface area contributed by atoms with Crippen molar-refractivity contribution in [2.45, 2.75) is 19.1 Å². The maximum Gasteiger partial charge on any atom is 0.405 e. The van der Waals surface area contributed by atoms with E-state index in [1.54, 1.807) is 30.5 Å². The fourth-order valence-electron chi connectivity index (χ4n) is 3.53. The van der Waals surface area contributed by atoms with Crippen molar-refractivity contribution in [3.63, 3.8) is 0 Å². The molecule has 150 valence electrons. The van der Waals surface area contributed by atoms with E-state index < -0.39 is 12.7 Å². The lowest BCUT2D eigenvalue weighted by Crippen LogP contribution is -2.22. The minimum Gasteiger partial charge on any atom is -0.361 e. The maximum absolute atomic E-state index is 12.8. The lowest BCUT2D eigenvalue weighted by Gasteiger charge is -2.15. The smallest absolute Gasteiger partial charge is 0.361 e. The summed E-state index contributed by atoms with van der Waals surface area (Å²) >= 11 is 0. The highest BCUT2D eigenvalue weighted by Gasteiger charge is 2.28. The van der Waals surface area contributed by atoms with E-state index >= 15 is 0 Å². The molecule has 3 heterocycles. The normalized spacial score (nSPS) is 16.8. The highest BCUT2D eigenvalue weighted by atomic mass is 19.4. The number of anilines is 1. The van der Waals surface area contributed by atoms with Crippen molar-refractivity contribution in [2.75, 3.05) is 25.0 Å². The Morgan fingerprint density at radius 2 is 2.07 bits per heavy atom. The van der Waals surface area contributed by atoms with E-state index in [0.29, 0.717) is 28.1 Å². The van der Waals surface area contributed by atoms with Gasteiger partial charge >= 0.3 is 6.18 Å². The Bertz CT molecular complexity index is 1040. The summed E-state index contributed by atoms with van der Waals surface area (Å²) in [6, 6.07) is 10.5. The second-order valence-corrected chi connectivity index (χ2v) is 7.13. The van der Waals surface area contributed by atoms with Crippen LogP contribution in [0.3, 0.4) is 0 Å². The molecule has 0 unspecified atom stereocenters. The summed E-state index contributed by atoms with van der Waals surface area (Å²) in [7, 11) is 0. The number of hydrogen-bond acceptors (Lipinski definition) is 5. The number of halogens is 3. The van der Waals surface area contributed by atoms with Crippen LogP contribution in [0.15, 0.2) is 36.5 Å². The molecule has 1 aliphatic heterocycles. The fourth-order valence-corrected chi connectivity index (χ4v) is 3.53. The Morgan fingerprint density at radius 3 is 2.72 bits per heavy atom. The summed E-state index contributed by atoms with van der Waals surface area (Å²) < 4.78 is 40.2. The highest BCUT2D eigenvalue weighted by molar-refractivity contribution is 5.87. The van der Waals surface area contributed by atoms with E-state index in [-0.39, 0.29) is 5.82 Å². The van der Waals surface area contributed by atoms with Gasteiger partial charge in [-0.1, -0.05) is 12.1 Å². The van der Waals surface area contributed by atoms with Gasteiger partial charge < -0.3 is 10.6 Å². The second-order valence-electron chi connectivity index (χ2n) is 7.13. The Labute approximate surface area is 165 Å². The maximum atomic E-state index is 12.8. The fraction of sp³-hybridized carbons (Fsp3) is 0.350. The van der Waals surface area contributed by atoms with Crippen LogP contribution in [-0.2, 0) is 6.54 Å². The molecular formula is C20H19F3N6. The third-order valence-electron chi connectivity index (χ3n) is 5.00. The lowest BCUT2D eigenvalue weighted by molar-refractivity contribution is -0.115. The highest BCUT2D eigenvalue weighted by Crippen LogP contribution is 2.31. The summed E-state index contributed by atoms with van der Waals surface area (Å²) in [5.41, 5.74) is 3.01. The molecule has 0 radical (unpaired) electrons. The van der Waals surface area contributed by atoms with E-state index in [1.165, 1.54) is 0 Å². The summed E-state index contributed by atoms with van der Waals surface area (Å²) in [5, 5.41) is 19.1. The van der Waals surface area contributed by atoms with Gasteiger partial charge in [-0.3, -0.25) is 4.68 Å². The van der Waals surface area contributed by atoms with E-state index in [2.05, 4.69) is 20.7 Å². The number of hydrogen-bond donors (Lipinski definition) is 2. The number of nitrogens with zero attached hydrogens (tertiary/aromatic N) is 4. The van der Waals surface area contributed by atoms with E-state index in [0.717, 1.165) is 31.6 Å². The molecule has 1 aromatic carbocycles. The number of fused-ring (bicyclic) bond motifs is 1. The first-order valence-corrected chi connectivity index (χ1v) is 9.31. The third-order valence-corrected chi connectivity index (χ3v) is 5.00. The monoisotopic (exact) mass is 400 g/mol. The molecule has 3 aromatic rings. The van der Waals surface area contributed by atoms with Crippen LogP contribution in [0.2, 0.25) is 0 Å². The number of rotatable bonds is 5. The van der Waals surface area contributed by atoms with Crippen LogP contribution in [0, 0.1) is 17.2 Å². The predicted molar refractivity (Wildman–Crippen MR) is 103 cm³/mol. The van der Waals surface area contributed by atoms with Crippen LogP contribution in [-0.4, -0.2) is 40.6 Å². The largest absolute Gasteiger partial charge is 0.405 e. The molecule has 9 heteroatoms. The van der Waals surface area contributed by atoms with Crippen LogP contribution < -0.4 is 10.6 Å². The zero-order valence-corrected chi connectivity index (χ0v) is 15.5. The number of benzene rings is 1. The standard InChI is InChI=1S/C20H19F3N6/c21-20(22,23)12-26-19-16(15-3-1-13(8-24)2-4-15)7-18-17(28-19)10-27-29(18)11-14-5-6-25-9-14/h1-4,7,10,14,25H,5-6,9,11-12H2,(H,26,28)/t14-/m0/s1. The van der Waals surface area contributed by atoms with Crippen LogP contribution >= 0.6 is 0 Å². The van der Waals surface area contributed by atoms with Crippen molar-refractivity contribution in [1.29, 1.82) is 5.26 Å². The van der Waals surface area contributed by atoms with Gasteiger partial charge in [-0.25, -0.2) is 4.98 Å². The molecular weight excluding hydrogens is 381 g/mol. The molecule has 1 fully saturated rings. The molecule has 1 aliphatic rings. The van der Waals surface area contributed by atoms with Crippen molar-refractivity contribution < 1.29 is 13.2 Å². The topological polar surface area (TPSA) is 78.6 Å². The molecule has 1 atom stereocenters. The van der Waals surface area contributed by atoms with E-state index in [1.807, 2.05) is 16.8 Å². The Balaban J connectivity index is 1.75. The first-order valence-electron chi connectivity index (χ1n) is 9.31. The first kappa shape index (κ1) is 19.2. The van der Waals surface area contributed by atoms with Crippen LogP contribution in [0.4, 0.5) is 19.0 Å². The minimum atomic E-state index is -4.36. The molecule has 0 spiro atoms. The first-order chi connectivity index (χ1) is 13.9.